The van der Waals surface area contributed by atoms with Gasteiger partial charge in [-0.2, -0.15) is 16.7 Å². The number of carbonyl (C=O) groups excluding carboxylic acids is 1. The van der Waals surface area contributed by atoms with Crippen LogP contribution in [0.15, 0.2) is 47.0 Å². The number of hydrogen-bond acceptors (Lipinski definition) is 6. The van der Waals surface area contributed by atoms with Crippen LogP contribution in [-0.2, 0) is 17.1 Å². The van der Waals surface area contributed by atoms with Crippen LogP contribution < -0.4 is 5.32 Å². The molecule has 1 amide bonds. The molecule has 34 heavy (non-hydrogen) atoms. The average molecular weight is 540 g/mol. The minimum Gasteiger partial charge on any atom is -0.355 e. The number of likely N-dealkylation sites (tertiary alicyclic amines) is 1. The summed E-state index contributed by atoms with van der Waals surface area (Å²) in [5.74, 6) is 2.82. The van der Waals surface area contributed by atoms with Gasteiger partial charge in [0.25, 0.3) is 0 Å². The van der Waals surface area contributed by atoms with E-state index in [4.69, 9.17) is 39.3 Å². The van der Waals surface area contributed by atoms with Gasteiger partial charge in [-0.05, 0) is 55.8 Å². The van der Waals surface area contributed by atoms with E-state index >= 15 is 0 Å². The summed E-state index contributed by atoms with van der Waals surface area (Å²) in [4.78, 5) is 19.3. The van der Waals surface area contributed by atoms with Gasteiger partial charge in [0, 0.05) is 39.6 Å². The second-order valence-electron chi connectivity index (χ2n) is 8.12. The van der Waals surface area contributed by atoms with Crippen LogP contribution in [0.25, 0.3) is 11.4 Å². The molecular formula is C24H25Cl3N4O2S. The fraction of sp³-hybridized carbons (Fsp3) is 0.375. The maximum atomic E-state index is 12.6. The molecule has 1 saturated heterocycles. The number of carbonyl (C=O) groups is 1. The lowest BCUT2D eigenvalue weighted by atomic mass is 9.96. The van der Waals surface area contributed by atoms with Crippen LogP contribution in [-0.4, -0.2) is 46.3 Å². The number of benzene rings is 2. The summed E-state index contributed by atoms with van der Waals surface area (Å²) in [7, 11) is 0. The topological polar surface area (TPSA) is 71.3 Å². The molecule has 0 atom stereocenters. The molecule has 3 aromatic rings. The van der Waals surface area contributed by atoms with Gasteiger partial charge in [-0.3, -0.25) is 9.69 Å². The Balaban J connectivity index is 1.15. The van der Waals surface area contributed by atoms with Gasteiger partial charge in [-0.25, -0.2) is 0 Å². The Kier molecular flexibility index (Phi) is 9.14. The molecule has 1 fully saturated rings. The summed E-state index contributed by atoms with van der Waals surface area (Å²) in [6.07, 6.45) is 1.62. The second kappa shape index (κ2) is 12.3. The molecule has 2 heterocycles. The maximum Gasteiger partial charge on any atom is 0.241 e. The maximum absolute atomic E-state index is 12.6. The first-order valence-electron chi connectivity index (χ1n) is 11.1. The van der Waals surface area contributed by atoms with Gasteiger partial charge in [0.1, 0.15) is 0 Å². The molecular weight excluding hydrogens is 515 g/mol. The molecule has 4 rings (SSSR count). The zero-order valence-corrected chi connectivity index (χ0v) is 21.6. The molecule has 1 N–H and O–H groups in total. The van der Waals surface area contributed by atoms with Gasteiger partial charge < -0.3 is 9.84 Å². The van der Waals surface area contributed by atoms with Crippen molar-refractivity contribution in [3.05, 3.63) is 69.0 Å². The lowest BCUT2D eigenvalue weighted by molar-refractivity contribution is -0.126. The van der Waals surface area contributed by atoms with Crippen molar-refractivity contribution in [2.45, 2.75) is 25.1 Å². The Morgan fingerprint density at radius 3 is 2.68 bits per heavy atom. The summed E-state index contributed by atoms with van der Waals surface area (Å²) in [5.41, 5.74) is 1.80. The van der Waals surface area contributed by atoms with Gasteiger partial charge >= 0.3 is 0 Å². The molecule has 1 aromatic heterocycles. The van der Waals surface area contributed by atoms with E-state index in [2.05, 4.69) is 20.4 Å². The fourth-order valence-corrected chi connectivity index (χ4v) is 5.46. The van der Waals surface area contributed by atoms with Crippen LogP contribution >= 0.6 is 46.6 Å². The van der Waals surface area contributed by atoms with E-state index in [-0.39, 0.29) is 11.8 Å². The van der Waals surface area contributed by atoms with E-state index in [1.54, 1.807) is 23.9 Å². The van der Waals surface area contributed by atoms with Crippen LogP contribution in [0.3, 0.4) is 0 Å². The van der Waals surface area contributed by atoms with Crippen LogP contribution in [0.4, 0.5) is 0 Å². The molecule has 0 aliphatic carbocycles. The zero-order valence-electron chi connectivity index (χ0n) is 18.5. The van der Waals surface area contributed by atoms with Crippen LogP contribution in [0.2, 0.25) is 15.1 Å². The Morgan fingerprint density at radius 1 is 1.12 bits per heavy atom. The third-order valence-electron chi connectivity index (χ3n) is 5.72. The predicted molar refractivity (Wildman–Crippen MR) is 138 cm³/mol. The van der Waals surface area contributed by atoms with Gasteiger partial charge in [-0.15, -0.1) is 0 Å². The predicted octanol–water partition coefficient (Wildman–Crippen LogP) is 5.96. The van der Waals surface area contributed by atoms with Crippen molar-refractivity contribution in [1.29, 1.82) is 0 Å². The van der Waals surface area contributed by atoms with Crippen LogP contribution in [0, 0.1) is 5.92 Å². The van der Waals surface area contributed by atoms with E-state index in [0.717, 1.165) is 48.6 Å². The van der Waals surface area contributed by atoms with Crippen molar-refractivity contribution in [3.8, 4) is 11.4 Å². The van der Waals surface area contributed by atoms with Gasteiger partial charge in [0.15, 0.2) is 0 Å². The minimum absolute atomic E-state index is 0.0355. The first-order chi connectivity index (χ1) is 16.5. The number of rotatable bonds is 9. The van der Waals surface area contributed by atoms with Crippen molar-refractivity contribution in [2.75, 3.05) is 25.4 Å². The third-order valence-corrected chi connectivity index (χ3v) is 7.64. The molecule has 0 saturated carbocycles. The summed E-state index contributed by atoms with van der Waals surface area (Å²) < 4.78 is 5.41. The van der Waals surface area contributed by atoms with Gasteiger partial charge in [0.2, 0.25) is 17.6 Å². The number of thioether (sulfide) groups is 1. The molecule has 0 radical (unpaired) electrons. The smallest absolute Gasteiger partial charge is 0.241 e. The highest BCUT2D eigenvalue weighted by Crippen LogP contribution is 2.26. The number of piperidine rings is 1. The van der Waals surface area contributed by atoms with Crippen molar-refractivity contribution >= 4 is 52.5 Å². The number of halogens is 3. The van der Waals surface area contributed by atoms with E-state index in [0.29, 0.717) is 39.9 Å². The van der Waals surface area contributed by atoms with Crippen molar-refractivity contribution in [2.24, 2.45) is 5.92 Å². The standard InChI is InChI=1S/C24H25Cl3N4O2S/c25-18-6-5-17(21(27)13-18)15-34-12-9-28-24(32)16-7-10-31(11-8-16)14-22-29-23(30-33-22)19-3-1-2-4-20(19)26/h1-6,13,16H,7-12,14-15H2,(H,28,32). The Hall–Kier alpha value is -1.77. The normalized spacial score (nSPS) is 14.9. The lowest BCUT2D eigenvalue weighted by Crippen LogP contribution is -2.40. The van der Waals surface area contributed by atoms with Crippen molar-refractivity contribution in [1.82, 2.24) is 20.4 Å². The van der Waals surface area contributed by atoms with Crippen LogP contribution in [0.1, 0.15) is 24.3 Å². The molecule has 2 aromatic carbocycles. The third kappa shape index (κ3) is 6.89. The monoisotopic (exact) mass is 538 g/mol. The Bertz CT molecular complexity index is 1120. The van der Waals surface area contributed by atoms with Crippen molar-refractivity contribution < 1.29 is 9.32 Å². The first kappa shape index (κ1) is 25.3. The van der Waals surface area contributed by atoms with E-state index in [1.807, 2.05) is 30.3 Å². The average Bonchev–Trinajstić information content (AvgIpc) is 3.29. The molecule has 10 heteroatoms. The van der Waals surface area contributed by atoms with Gasteiger partial charge in [-0.1, -0.05) is 58.2 Å². The number of aromatic nitrogens is 2. The zero-order chi connectivity index (χ0) is 23.9. The molecule has 1 aliphatic rings. The van der Waals surface area contributed by atoms with E-state index < -0.39 is 0 Å². The molecule has 1 aliphatic heterocycles. The molecule has 0 bridgehead atoms. The highest BCUT2D eigenvalue weighted by molar-refractivity contribution is 7.98. The number of hydrogen-bond donors (Lipinski definition) is 1. The Labute approximate surface area is 218 Å². The fourth-order valence-electron chi connectivity index (χ4n) is 3.83. The quantitative estimate of drug-likeness (QED) is 0.338. The minimum atomic E-state index is 0.0355. The highest BCUT2D eigenvalue weighted by atomic mass is 35.5. The number of nitrogens with one attached hydrogen (secondary N) is 1. The SMILES string of the molecule is O=C(NCCSCc1ccc(Cl)cc1Cl)C1CCN(Cc2nc(-c3ccccc3Cl)no2)CC1. The summed E-state index contributed by atoms with van der Waals surface area (Å²) in [6.45, 7) is 2.83. The number of amides is 1. The van der Waals surface area contributed by atoms with E-state index in [9.17, 15) is 4.79 Å². The molecule has 0 unspecified atom stereocenters. The highest BCUT2D eigenvalue weighted by Gasteiger charge is 2.26. The Morgan fingerprint density at radius 2 is 1.91 bits per heavy atom. The van der Waals surface area contributed by atoms with Crippen molar-refractivity contribution in [3.63, 3.8) is 0 Å². The molecule has 0 spiro atoms. The second-order valence-corrected chi connectivity index (χ2v) is 10.5. The molecule has 6 nitrogen and oxygen atoms in total. The van der Waals surface area contributed by atoms with E-state index in [1.165, 1.54) is 0 Å². The first-order valence-corrected chi connectivity index (χ1v) is 13.4. The lowest BCUT2D eigenvalue weighted by Gasteiger charge is -2.30. The summed E-state index contributed by atoms with van der Waals surface area (Å²) in [6, 6.07) is 13.0. The van der Waals surface area contributed by atoms with Gasteiger partial charge in [0.05, 0.1) is 11.6 Å². The summed E-state index contributed by atoms with van der Waals surface area (Å²) >= 11 is 20.1. The largest absolute Gasteiger partial charge is 0.355 e. The summed E-state index contributed by atoms with van der Waals surface area (Å²) in [5, 5.41) is 9.03. The van der Waals surface area contributed by atoms with Crippen LogP contribution in [0.5, 0.6) is 0 Å². The molecule has 180 valence electrons. The number of nitrogens with zero attached hydrogens (tertiary/aromatic N) is 3.